The van der Waals surface area contributed by atoms with E-state index in [0.717, 1.165) is 55.9 Å². The van der Waals surface area contributed by atoms with Crippen LogP contribution in [0.2, 0.25) is 0 Å². The Labute approximate surface area is 181 Å². The van der Waals surface area contributed by atoms with Crippen molar-refractivity contribution < 1.29 is 22.7 Å². The largest absolute Gasteiger partial charge is 0.417 e. The average molecular weight is 449 g/mol. The lowest BCUT2D eigenvalue weighted by molar-refractivity contribution is -0.137. The first-order valence-electron chi connectivity index (χ1n) is 10.6. The van der Waals surface area contributed by atoms with Gasteiger partial charge in [-0.2, -0.15) is 13.2 Å². The standard InChI is InChI=1S/C22H23F4N5O/c1-21(32,17-5-4-13(10-27-17)22(24,25)26)12-31-15-6-8-30-7-2-3-14(30)19(15)20-16(31)11-28-18(9-23)29-20/h4-5,10-11,14,32H,2-3,6-9,12H2,1H3. The number of fused-ring (bicyclic) bond motifs is 5. The van der Waals surface area contributed by atoms with Gasteiger partial charge in [-0.3, -0.25) is 9.88 Å². The lowest BCUT2D eigenvalue weighted by Crippen LogP contribution is -2.34. The molecule has 5 rings (SSSR count). The van der Waals surface area contributed by atoms with E-state index in [0.29, 0.717) is 11.0 Å². The van der Waals surface area contributed by atoms with Gasteiger partial charge in [0, 0.05) is 36.5 Å². The van der Waals surface area contributed by atoms with Crippen LogP contribution in [0.25, 0.3) is 11.0 Å². The van der Waals surface area contributed by atoms with E-state index in [-0.39, 0.29) is 24.1 Å². The van der Waals surface area contributed by atoms with Crippen molar-refractivity contribution in [2.45, 2.75) is 57.2 Å². The van der Waals surface area contributed by atoms with Crippen LogP contribution in [0.1, 0.15) is 54.1 Å². The molecule has 0 aliphatic carbocycles. The molecule has 3 aromatic heterocycles. The molecule has 32 heavy (non-hydrogen) atoms. The number of hydrogen-bond acceptors (Lipinski definition) is 5. The van der Waals surface area contributed by atoms with Gasteiger partial charge < -0.3 is 9.67 Å². The monoisotopic (exact) mass is 449 g/mol. The molecule has 0 aromatic carbocycles. The van der Waals surface area contributed by atoms with E-state index in [1.165, 1.54) is 13.0 Å². The fourth-order valence-corrected chi connectivity index (χ4v) is 5.04. The summed E-state index contributed by atoms with van der Waals surface area (Å²) in [6, 6.07) is 2.32. The fourth-order valence-electron chi connectivity index (χ4n) is 5.04. The number of aliphatic hydroxyl groups is 1. The Kier molecular flexibility index (Phi) is 4.97. The van der Waals surface area contributed by atoms with Crippen molar-refractivity contribution in [2.75, 3.05) is 13.1 Å². The summed E-state index contributed by atoms with van der Waals surface area (Å²) in [6.45, 7) is 2.71. The van der Waals surface area contributed by atoms with Gasteiger partial charge in [-0.15, -0.1) is 0 Å². The van der Waals surface area contributed by atoms with Gasteiger partial charge in [0.05, 0.1) is 35.0 Å². The SMILES string of the molecule is CC(O)(Cn1c2c(c3nc(CF)ncc31)C1CCCN1CC2)c1ccc(C(F)(F)F)cn1. The molecule has 3 aromatic rings. The van der Waals surface area contributed by atoms with E-state index in [4.69, 9.17) is 0 Å². The zero-order valence-corrected chi connectivity index (χ0v) is 17.5. The second kappa shape index (κ2) is 7.48. The molecule has 1 N–H and O–H groups in total. The molecule has 0 saturated carbocycles. The lowest BCUT2D eigenvalue weighted by Gasteiger charge is -2.32. The molecule has 0 spiro atoms. The van der Waals surface area contributed by atoms with Crippen LogP contribution in [-0.4, -0.2) is 42.6 Å². The molecule has 2 aliphatic rings. The lowest BCUT2D eigenvalue weighted by atomic mass is 9.97. The van der Waals surface area contributed by atoms with Gasteiger partial charge in [-0.05, 0) is 38.4 Å². The molecule has 6 nitrogen and oxygen atoms in total. The van der Waals surface area contributed by atoms with Crippen LogP contribution in [-0.2, 0) is 31.4 Å². The minimum atomic E-state index is -4.49. The molecule has 1 fully saturated rings. The van der Waals surface area contributed by atoms with Gasteiger partial charge in [0.25, 0.3) is 0 Å². The van der Waals surface area contributed by atoms with Gasteiger partial charge >= 0.3 is 6.18 Å². The van der Waals surface area contributed by atoms with Crippen molar-refractivity contribution in [2.24, 2.45) is 0 Å². The normalized spacial score (nSPS) is 20.9. The molecule has 2 aliphatic heterocycles. The Morgan fingerprint density at radius 3 is 2.66 bits per heavy atom. The fraction of sp³-hybridized carbons (Fsp3) is 0.500. The van der Waals surface area contributed by atoms with Crippen molar-refractivity contribution >= 4 is 11.0 Å². The van der Waals surface area contributed by atoms with Crippen molar-refractivity contribution in [1.29, 1.82) is 0 Å². The van der Waals surface area contributed by atoms with Crippen molar-refractivity contribution in [3.8, 4) is 0 Å². The summed E-state index contributed by atoms with van der Waals surface area (Å²) < 4.78 is 53.9. The van der Waals surface area contributed by atoms with Gasteiger partial charge in [-0.1, -0.05) is 0 Å². The summed E-state index contributed by atoms with van der Waals surface area (Å²) >= 11 is 0. The van der Waals surface area contributed by atoms with Crippen LogP contribution < -0.4 is 0 Å². The summed E-state index contributed by atoms with van der Waals surface area (Å²) in [5.41, 5.74) is 1.19. The topological polar surface area (TPSA) is 67.1 Å². The van der Waals surface area contributed by atoms with E-state index in [1.54, 1.807) is 6.20 Å². The zero-order valence-electron chi connectivity index (χ0n) is 17.5. The predicted molar refractivity (Wildman–Crippen MR) is 108 cm³/mol. The highest BCUT2D eigenvalue weighted by atomic mass is 19.4. The van der Waals surface area contributed by atoms with E-state index < -0.39 is 24.0 Å². The molecule has 0 bridgehead atoms. The van der Waals surface area contributed by atoms with Crippen LogP contribution >= 0.6 is 0 Å². The summed E-state index contributed by atoms with van der Waals surface area (Å²) in [4.78, 5) is 14.9. The number of rotatable bonds is 4. The van der Waals surface area contributed by atoms with Gasteiger partial charge in [0.1, 0.15) is 12.3 Å². The second-order valence-electron chi connectivity index (χ2n) is 8.75. The second-order valence-corrected chi connectivity index (χ2v) is 8.75. The van der Waals surface area contributed by atoms with Gasteiger partial charge in [0.15, 0.2) is 5.82 Å². The Morgan fingerprint density at radius 2 is 1.97 bits per heavy atom. The van der Waals surface area contributed by atoms with Crippen LogP contribution in [0.3, 0.4) is 0 Å². The van der Waals surface area contributed by atoms with Crippen LogP contribution in [0.5, 0.6) is 0 Å². The summed E-state index contributed by atoms with van der Waals surface area (Å²) in [5.74, 6) is 0.115. The first-order valence-corrected chi connectivity index (χ1v) is 10.6. The van der Waals surface area contributed by atoms with Crippen LogP contribution in [0, 0.1) is 0 Å². The summed E-state index contributed by atoms with van der Waals surface area (Å²) in [7, 11) is 0. The van der Waals surface area contributed by atoms with Crippen LogP contribution in [0.4, 0.5) is 17.6 Å². The Balaban J connectivity index is 1.58. The Morgan fingerprint density at radius 1 is 1.16 bits per heavy atom. The first-order chi connectivity index (χ1) is 15.2. The average Bonchev–Trinajstić information content (AvgIpc) is 3.35. The summed E-state index contributed by atoms with van der Waals surface area (Å²) in [5, 5.41) is 11.2. The molecule has 170 valence electrons. The predicted octanol–water partition coefficient (Wildman–Crippen LogP) is 3.92. The Bertz CT molecular complexity index is 1160. The van der Waals surface area contributed by atoms with E-state index in [9.17, 15) is 22.7 Å². The molecule has 5 heterocycles. The summed E-state index contributed by atoms with van der Waals surface area (Å²) in [6.07, 6.45) is 0.615. The third-order valence-electron chi connectivity index (χ3n) is 6.56. The molecule has 0 radical (unpaired) electrons. The molecular formula is C22H23F4N5O. The molecule has 0 amide bonds. The van der Waals surface area contributed by atoms with Gasteiger partial charge in [0.2, 0.25) is 0 Å². The van der Waals surface area contributed by atoms with Gasteiger partial charge in [-0.25, -0.2) is 14.4 Å². The van der Waals surface area contributed by atoms with E-state index in [2.05, 4.69) is 19.9 Å². The minimum Gasteiger partial charge on any atom is -0.382 e. The van der Waals surface area contributed by atoms with Crippen molar-refractivity contribution in [3.63, 3.8) is 0 Å². The number of pyridine rings is 1. The highest BCUT2D eigenvalue weighted by Gasteiger charge is 2.38. The number of halogens is 4. The zero-order chi connectivity index (χ0) is 22.7. The highest BCUT2D eigenvalue weighted by Crippen LogP contribution is 2.43. The third-order valence-corrected chi connectivity index (χ3v) is 6.56. The first kappa shape index (κ1) is 21.3. The number of nitrogens with zero attached hydrogens (tertiary/aromatic N) is 5. The number of hydrogen-bond donors (Lipinski definition) is 1. The molecule has 10 heteroatoms. The van der Waals surface area contributed by atoms with E-state index in [1.807, 2.05) is 4.57 Å². The highest BCUT2D eigenvalue weighted by molar-refractivity contribution is 5.82. The molecule has 1 saturated heterocycles. The maximum atomic E-state index is 13.3. The Hall–Kier alpha value is -2.59. The van der Waals surface area contributed by atoms with Crippen molar-refractivity contribution in [1.82, 2.24) is 24.4 Å². The quantitative estimate of drug-likeness (QED) is 0.612. The maximum Gasteiger partial charge on any atom is 0.417 e. The molecular weight excluding hydrogens is 426 g/mol. The smallest absolute Gasteiger partial charge is 0.382 e. The molecule has 2 unspecified atom stereocenters. The third kappa shape index (κ3) is 3.45. The van der Waals surface area contributed by atoms with Crippen molar-refractivity contribution in [3.05, 3.63) is 52.9 Å². The maximum absolute atomic E-state index is 13.3. The van der Waals surface area contributed by atoms with E-state index >= 15 is 0 Å². The number of aromatic nitrogens is 4. The minimum absolute atomic E-state index is 0.0717. The number of alkyl halides is 4. The van der Waals surface area contributed by atoms with Crippen LogP contribution in [0.15, 0.2) is 24.5 Å². The molecule has 2 atom stereocenters.